The first-order chi connectivity index (χ1) is 11.7. The molecular weight excluding hydrogens is 348 g/mol. The number of ether oxygens (including phenoxy) is 1. The van der Waals surface area contributed by atoms with Crippen molar-refractivity contribution in [2.24, 2.45) is 7.05 Å². The highest BCUT2D eigenvalue weighted by molar-refractivity contribution is 6.28. The zero-order valence-electron chi connectivity index (χ0n) is 14.7. The number of rotatable bonds is 1. The van der Waals surface area contributed by atoms with Crippen molar-refractivity contribution in [3.63, 3.8) is 0 Å². The van der Waals surface area contributed by atoms with E-state index >= 15 is 0 Å². The molecule has 3 heterocycles. The van der Waals surface area contributed by atoms with Crippen LogP contribution in [0, 0.1) is 0 Å². The van der Waals surface area contributed by atoms with Crippen molar-refractivity contribution in [2.75, 3.05) is 31.1 Å². The van der Waals surface area contributed by atoms with E-state index in [9.17, 15) is 9.59 Å². The largest absolute Gasteiger partial charge is 0.444 e. The standard InChI is InChI=1S/C15H21ClN6O3/c1-15(2,3)25-14(24)22-7-5-21(6-8-22)13-17-9-10(19-13)18-12(16)20(4)11(9)23/h5-8H2,1-4H3,(H,17,19). The molecule has 1 aliphatic rings. The average molecular weight is 369 g/mol. The molecule has 0 saturated carbocycles. The zero-order valence-corrected chi connectivity index (χ0v) is 15.4. The summed E-state index contributed by atoms with van der Waals surface area (Å²) in [5.74, 6) is 0.547. The third kappa shape index (κ3) is 3.55. The molecule has 0 aliphatic carbocycles. The summed E-state index contributed by atoms with van der Waals surface area (Å²) in [6.07, 6.45) is -0.320. The highest BCUT2D eigenvalue weighted by atomic mass is 35.5. The first kappa shape index (κ1) is 17.5. The lowest BCUT2D eigenvalue weighted by Crippen LogP contribution is -2.50. The first-order valence-corrected chi connectivity index (χ1v) is 8.38. The van der Waals surface area contributed by atoms with Crippen LogP contribution in [0.25, 0.3) is 11.2 Å². The van der Waals surface area contributed by atoms with Crippen molar-refractivity contribution in [3.05, 3.63) is 15.6 Å². The Kier molecular flexibility index (Phi) is 4.36. The molecule has 0 spiro atoms. The summed E-state index contributed by atoms with van der Waals surface area (Å²) < 4.78 is 6.64. The number of H-pyrrole nitrogens is 1. The van der Waals surface area contributed by atoms with Gasteiger partial charge in [-0.05, 0) is 32.4 Å². The molecule has 1 saturated heterocycles. The lowest BCUT2D eigenvalue weighted by molar-refractivity contribution is 0.0240. The Morgan fingerprint density at radius 2 is 1.84 bits per heavy atom. The van der Waals surface area contributed by atoms with Gasteiger partial charge in [0.05, 0.1) is 0 Å². The molecule has 2 aromatic rings. The maximum Gasteiger partial charge on any atom is 0.410 e. The van der Waals surface area contributed by atoms with Crippen LogP contribution in [0.15, 0.2) is 4.79 Å². The number of carbonyl (C=O) groups is 1. The van der Waals surface area contributed by atoms with Gasteiger partial charge in [0.2, 0.25) is 11.2 Å². The van der Waals surface area contributed by atoms with Crippen LogP contribution in [0.4, 0.5) is 10.7 Å². The number of nitrogens with one attached hydrogen (secondary N) is 1. The summed E-state index contributed by atoms with van der Waals surface area (Å²) in [7, 11) is 1.55. The molecule has 1 aliphatic heterocycles. The van der Waals surface area contributed by atoms with E-state index in [2.05, 4.69) is 15.0 Å². The van der Waals surface area contributed by atoms with Crippen molar-refractivity contribution in [3.8, 4) is 0 Å². The molecule has 3 rings (SSSR count). The number of halogens is 1. The summed E-state index contributed by atoms with van der Waals surface area (Å²) in [5.41, 5.74) is -0.187. The van der Waals surface area contributed by atoms with E-state index < -0.39 is 5.60 Å². The van der Waals surface area contributed by atoms with E-state index in [0.29, 0.717) is 37.6 Å². The van der Waals surface area contributed by atoms with Crippen LogP contribution < -0.4 is 10.5 Å². The Morgan fingerprint density at radius 3 is 2.44 bits per heavy atom. The van der Waals surface area contributed by atoms with Gasteiger partial charge in [0.15, 0.2) is 11.2 Å². The fourth-order valence-electron chi connectivity index (χ4n) is 2.57. The molecule has 9 nitrogen and oxygen atoms in total. The van der Waals surface area contributed by atoms with Gasteiger partial charge in [-0.3, -0.25) is 9.36 Å². The Balaban J connectivity index is 1.73. The van der Waals surface area contributed by atoms with Gasteiger partial charge >= 0.3 is 6.09 Å². The van der Waals surface area contributed by atoms with Crippen LogP contribution in [-0.4, -0.2) is 62.3 Å². The third-order valence-corrected chi connectivity index (χ3v) is 4.23. The van der Waals surface area contributed by atoms with Crippen molar-refractivity contribution in [2.45, 2.75) is 26.4 Å². The summed E-state index contributed by atoms with van der Waals surface area (Å²) >= 11 is 5.92. The number of fused-ring (bicyclic) bond motifs is 1. The van der Waals surface area contributed by atoms with E-state index in [1.807, 2.05) is 25.7 Å². The van der Waals surface area contributed by atoms with Gasteiger partial charge in [-0.15, -0.1) is 0 Å². The minimum absolute atomic E-state index is 0.0882. The van der Waals surface area contributed by atoms with E-state index in [-0.39, 0.29) is 22.6 Å². The lowest BCUT2D eigenvalue weighted by Gasteiger charge is -2.35. The smallest absolute Gasteiger partial charge is 0.410 e. The third-order valence-electron chi connectivity index (χ3n) is 3.90. The second-order valence-electron chi connectivity index (χ2n) is 6.96. The van der Waals surface area contributed by atoms with Gasteiger partial charge in [0.25, 0.3) is 5.56 Å². The maximum atomic E-state index is 12.2. The van der Waals surface area contributed by atoms with E-state index in [1.165, 1.54) is 4.57 Å². The molecule has 0 aromatic carbocycles. The molecule has 10 heteroatoms. The molecule has 1 amide bonds. The topological polar surface area (TPSA) is 96.3 Å². The fraction of sp³-hybridized carbons (Fsp3) is 0.600. The summed E-state index contributed by atoms with van der Waals surface area (Å²) in [4.78, 5) is 39.4. The second kappa shape index (κ2) is 6.21. The van der Waals surface area contributed by atoms with Crippen molar-refractivity contribution in [1.82, 2.24) is 24.4 Å². The number of piperazine rings is 1. The maximum absolute atomic E-state index is 12.2. The van der Waals surface area contributed by atoms with Crippen molar-refractivity contribution >= 4 is 34.8 Å². The lowest BCUT2D eigenvalue weighted by atomic mass is 10.2. The number of anilines is 1. The predicted octanol–water partition coefficient (Wildman–Crippen LogP) is 1.37. The predicted molar refractivity (Wildman–Crippen MR) is 94.2 cm³/mol. The van der Waals surface area contributed by atoms with Crippen LogP contribution in [0.3, 0.4) is 0 Å². The quantitative estimate of drug-likeness (QED) is 0.763. The Morgan fingerprint density at radius 1 is 1.20 bits per heavy atom. The average Bonchev–Trinajstić information content (AvgIpc) is 2.95. The Labute approximate surface area is 149 Å². The number of hydrogen-bond donors (Lipinski definition) is 1. The Hall–Kier alpha value is -2.29. The summed E-state index contributed by atoms with van der Waals surface area (Å²) in [6, 6.07) is 0. The highest BCUT2D eigenvalue weighted by Crippen LogP contribution is 2.18. The number of imidazole rings is 1. The molecule has 0 unspecified atom stereocenters. The van der Waals surface area contributed by atoms with Crippen LogP contribution in [0.2, 0.25) is 5.28 Å². The fourth-order valence-corrected chi connectivity index (χ4v) is 2.73. The SMILES string of the molecule is Cn1c(Cl)nc2nc(N3CCN(C(=O)OC(C)(C)C)CC3)[nH]c2c1=O. The number of nitrogens with zero attached hydrogens (tertiary/aromatic N) is 5. The monoisotopic (exact) mass is 368 g/mol. The molecular formula is C15H21ClN6O3. The van der Waals surface area contributed by atoms with Crippen LogP contribution in [0.1, 0.15) is 20.8 Å². The molecule has 1 fully saturated rings. The molecule has 136 valence electrons. The van der Waals surface area contributed by atoms with Crippen molar-refractivity contribution in [1.29, 1.82) is 0 Å². The van der Waals surface area contributed by atoms with Crippen LogP contribution in [-0.2, 0) is 11.8 Å². The van der Waals surface area contributed by atoms with Gasteiger partial charge in [-0.2, -0.15) is 9.97 Å². The summed E-state index contributed by atoms with van der Waals surface area (Å²) in [5, 5.41) is 0.0882. The molecule has 2 aromatic heterocycles. The molecule has 0 bridgehead atoms. The number of carbonyl (C=O) groups excluding carboxylic acids is 1. The van der Waals surface area contributed by atoms with Gasteiger partial charge in [-0.1, -0.05) is 0 Å². The van der Waals surface area contributed by atoms with E-state index in [4.69, 9.17) is 16.3 Å². The number of amides is 1. The minimum Gasteiger partial charge on any atom is -0.444 e. The van der Waals surface area contributed by atoms with Gasteiger partial charge in [-0.25, -0.2) is 4.79 Å². The zero-order chi connectivity index (χ0) is 18.4. The van der Waals surface area contributed by atoms with Gasteiger partial charge < -0.3 is 19.5 Å². The first-order valence-electron chi connectivity index (χ1n) is 8.01. The van der Waals surface area contributed by atoms with Gasteiger partial charge in [0, 0.05) is 33.2 Å². The second-order valence-corrected chi connectivity index (χ2v) is 7.30. The Bertz CT molecular complexity index is 860. The molecule has 0 radical (unpaired) electrons. The summed E-state index contributed by atoms with van der Waals surface area (Å²) in [6.45, 7) is 7.70. The highest BCUT2D eigenvalue weighted by Gasteiger charge is 2.27. The number of aromatic amines is 1. The van der Waals surface area contributed by atoms with Crippen LogP contribution >= 0.6 is 11.6 Å². The molecule has 25 heavy (non-hydrogen) atoms. The van der Waals surface area contributed by atoms with Gasteiger partial charge in [0.1, 0.15) is 5.60 Å². The number of aromatic nitrogens is 4. The van der Waals surface area contributed by atoms with Crippen molar-refractivity contribution < 1.29 is 9.53 Å². The number of hydrogen-bond acceptors (Lipinski definition) is 6. The minimum atomic E-state index is -0.516. The molecule has 0 atom stereocenters. The van der Waals surface area contributed by atoms with E-state index in [0.717, 1.165) is 0 Å². The normalized spacial score (nSPS) is 15.7. The molecule has 1 N–H and O–H groups in total. The van der Waals surface area contributed by atoms with E-state index in [1.54, 1.807) is 11.9 Å². The van der Waals surface area contributed by atoms with Crippen LogP contribution in [0.5, 0.6) is 0 Å².